The number of rotatable bonds is 6. The second-order valence-corrected chi connectivity index (χ2v) is 7.31. The van der Waals surface area contributed by atoms with Gasteiger partial charge < -0.3 is 10.1 Å². The SMILES string of the molecule is Cc1ccc(OCc2nc(C)c(C(=O)N[C@H](C)c3ccccc3)s2)cc1. The number of carbonyl (C=O) groups excluding carboxylic acids is 1. The van der Waals surface area contributed by atoms with Crippen LogP contribution in [0.3, 0.4) is 0 Å². The van der Waals surface area contributed by atoms with Crippen molar-refractivity contribution in [2.75, 3.05) is 0 Å². The third-order valence-electron chi connectivity index (χ3n) is 4.08. The first kappa shape index (κ1) is 18.1. The van der Waals surface area contributed by atoms with Crippen LogP contribution in [0.2, 0.25) is 0 Å². The third-order valence-corrected chi connectivity index (χ3v) is 5.21. The summed E-state index contributed by atoms with van der Waals surface area (Å²) in [6, 6.07) is 17.7. The van der Waals surface area contributed by atoms with Crippen molar-refractivity contribution in [3.8, 4) is 5.75 Å². The molecule has 1 aromatic heterocycles. The Morgan fingerprint density at radius 2 is 1.81 bits per heavy atom. The molecule has 3 aromatic rings. The molecule has 0 aliphatic heterocycles. The molecule has 0 saturated heterocycles. The highest BCUT2D eigenvalue weighted by atomic mass is 32.1. The van der Waals surface area contributed by atoms with Gasteiger partial charge in [-0.15, -0.1) is 11.3 Å². The van der Waals surface area contributed by atoms with Crippen LogP contribution in [0.4, 0.5) is 0 Å². The number of ether oxygens (including phenoxy) is 1. The number of amides is 1. The maximum Gasteiger partial charge on any atom is 0.263 e. The van der Waals surface area contributed by atoms with Gasteiger partial charge in [-0.2, -0.15) is 0 Å². The lowest BCUT2D eigenvalue weighted by molar-refractivity contribution is 0.0943. The van der Waals surface area contributed by atoms with Gasteiger partial charge in [0.1, 0.15) is 22.2 Å². The van der Waals surface area contributed by atoms with Gasteiger partial charge in [0.25, 0.3) is 5.91 Å². The first-order valence-electron chi connectivity index (χ1n) is 8.54. The molecule has 5 heteroatoms. The van der Waals surface area contributed by atoms with E-state index in [-0.39, 0.29) is 11.9 Å². The van der Waals surface area contributed by atoms with Gasteiger partial charge in [-0.25, -0.2) is 4.98 Å². The van der Waals surface area contributed by atoms with E-state index in [1.165, 1.54) is 16.9 Å². The van der Waals surface area contributed by atoms with Crippen LogP contribution in [0.5, 0.6) is 5.75 Å². The molecule has 4 nitrogen and oxygen atoms in total. The maximum absolute atomic E-state index is 12.6. The Balaban J connectivity index is 1.63. The Hall–Kier alpha value is -2.66. The summed E-state index contributed by atoms with van der Waals surface area (Å²) in [7, 11) is 0. The Bertz CT molecular complexity index is 873. The lowest BCUT2D eigenvalue weighted by atomic mass is 10.1. The van der Waals surface area contributed by atoms with Crippen molar-refractivity contribution >= 4 is 17.2 Å². The van der Waals surface area contributed by atoms with Crippen molar-refractivity contribution in [3.05, 3.63) is 81.3 Å². The van der Waals surface area contributed by atoms with Crippen molar-refractivity contribution in [1.82, 2.24) is 10.3 Å². The van der Waals surface area contributed by atoms with Gasteiger partial charge in [-0.1, -0.05) is 48.0 Å². The first-order chi connectivity index (χ1) is 12.5. The highest BCUT2D eigenvalue weighted by Crippen LogP contribution is 2.22. The van der Waals surface area contributed by atoms with Crippen LogP contribution in [0.1, 0.15) is 44.5 Å². The van der Waals surface area contributed by atoms with Crippen molar-refractivity contribution in [2.45, 2.75) is 33.4 Å². The minimum Gasteiger partial charge on any atom is -0.486 e. The molecular formula is C21H22N2O2S. The molecule has 0 unspecified atom stereocenters. The summed E-state index contributed by atoms with van der Waals surface area (Å²) >= 11 is 1.38. The summed E-state index contributed by atoms with van der Waals surface area (Å²) in [5, 5.41) is 3.83. The van der Waals surface area contributed by atoms with Gasteiger partial charge in [-0.3, -0.25) is 4.79 Å². The van der Waals surface area contributed by atoms with Gasteiger partial charge in [0.05, 0.1) is 11.7 Å². The molecule has 1 atom stereocenters. The molecule has 1 heterocycles. The third kappa shape index (κ3) is 4.49. The number of thiazole rings is 1. The van der Waals surface area contributed by atoms with Crippen molar-refractivity contribution < 1.29 is 9.53 Å². The van der Waals surface area contributed by atoms with E-state index < -0.39 is 0 Å². The van der Waals surface area contributed by atoms with Gasteiger partial charge in [0, 0.05) is 0 Å². The number of carbonyl (C=O) groups is 1. The summed E-state index contributed by atoms with van der Waals surface area (Å²) < 4.78 is 5.76. The topological polar surface area (TPSA) is 51.2 Å². The van der Waals surface area contributed by atoms with Gasteiger partial charge in [0.15, 0.2) is 0 Å². The molecule has 0 fully saturated rings. The van der Waals surface area contributed by atoms with Crippen molar-refractivity contribution in [1.29, 1.82) is 0 Å². The van der Waals surface area contributed by atoms with Gasteiger partial charge >= 0.3 is 0 Å². The number of aromatic nitrogens is 1. The van der Waals surface area contributed by atoms with Crippen LogP contribution < -0.4 is 10.1 Å². The minimum absolute atomic E-state index is 0.0579. The Morgan fingerprint density at radius 3 is 2.50 bits per heavy atom. The standard InChI is InChI=1S/C21H22N2O2S/c1-14-9-11-18(12-10-14)25-13-19-22-16(3)20(26-19)21(24)23-15(2)17-7-5-4-6-8-17/h4-12,15H,13H2,1-3H3,(H,23,24)/t15-/m1/s1. The molecule has 0 spiro atoms. The van der Waals surface area contributed by atoms with E-state index in [4.69, 9.17) is 4.74 Å². The van der Waals surface area contributed by atoms with Crippen LogP contribution in [0.15, 0.2) is 54.6 Å². The summed E-state index contributed by atoms with van der Waals surface area (Å²) in [6.07, 6.45) is 0. The summed E-state index contributed by atoms with van der Waals surface area (Å²) in [4.78, 5) is 17.7. The Labute approximate surface area is 157 Å². The highest BCUT2D eigenvalue weighted by molar-refractivity contribution is 7.13. The molecule has 134 valence electrons. The average molecular weight is 366 g/mol. The van der Waals surface area contributed by atoms with Crippen molar-refractivity contribution in [3.63, 3.8) is 0 Å². The predicted molar refractivity (Wildman–Crippen MR) is 105 cm³/mol. The quantitative estimate of drug-likeness (QED) is 0.680. The average Bonchev–Trinajstić information content (AvgIpc) is 3.03. The number of hydrogen-bond acceptors (Lipinski definition) is 4. The molecule has 26 heavy (non-hydrogen) atoms. The van der Waals surface area contributed by atoms with E-state index in [1.54, 1.807) is 0 Å². The molecule has 1 N–H and O–H groups in total. The Kier molecular flexibility index (Phi) is 5.68. The zero-order valence-corrected chi connectivity index (χ0v) is 16.0. The van der Waals surface area contributed by atoms with Crippen LogP contribution >= 0.6 is 11.3 Å². The van der Waals surface area contributed by atoms with E-state index in [9.17, 15) is 4.79 Å². The second kappa shape index (κ2) is 8.15. The van der Waals surface area contributed by atoms with E-state index in [2.05, 4.69) is 10.3 Å². The number of aryl methyl sites for hydroxylation is 2. The smallest absolute Gasteiger partial charge is 0.263 e. The largest absolute Gasteiger partial charge is 0.486 e. The summed E-state index contributed by atoms with van der Waals surface area (Å²) in [5.41, 5.74) is 3.00. The minimum atomic E-state index is -0.0991. The highest BCUT2D eigenvalue weighted by Gasteiger charge is 2.18. The van der Waals surface area contributed by atoms with Crippen LogP contribution in [0.25, 0.3) is 0 Å². The van der Waals surface area contributed by atoms with Crippen LogP contribution in [0, 0.1) is 13.8 Å². The monoisotopic (exact) mass is 366 g/mol. The summed E-state index contributed by atoms with van der Waals surface area (Å²) in [5.74, 6) is 0.699. The number of nitrogens with zero attached hydrogens (tertiary/aromatic N) is 1. The van der Waals surface area contributed by atoms with Gasteiger partial charge in [-0.05, 0) is 38.5 Å². The molecule has 2 aromatic carbocycles. The molecular weight excluding hydrogens is 344 g/mol. The van der Waals surface area contributed by atoms with E-state index in [0.29, 0.717) is 11.5 Å². The Morgan fingerprint density at radius 1 is 1.12 bits per heavy atom. The second-order valence-electron chi connectivity index (χ2n) is 6.23. The zero-order chi connectivity index (χ0) is 18.5. The lowest BCUT2D eigenvalue weighted by Crippen LogP contribution is -2.26. The van der Waals surface area contributed by atoms with Crippen LogP contribution in [-0.4, -0.2) is 10.9 Å². The zero-order valence-electron chi connectivity index (χ0n) is 15.2. The number of nitrogens with one attached hydrogen (secondary N) is 1. The van der Waals surface area contributed by atoms with Gasteiger partial charge in [0.2, 0.25) is 0 Å². The molecule has 0 radical (unpaired) electrons. The predicted octanol–water partition coefficient (Wildman–Crippen LogP) is 4.83. The van der Waals surface area contributed by atoms with E-state index in [0.717, 1.165) is 22.0 Å². The molecule has 0 aliphatic carbocycles. The summed E-state index contributed by atoms with van der Waals surface area (Å²) in [6.45, 7) is 6.23. The normalized spacial score (nSPS) is 11.8. The van der Waals surface area contributed by atoms with Crippen LogP contribution in [-0.2, 0) is 6.61 Å². The molecule has 0 saturated carbocycles. The van der Waals surface area contributed by atoms with E-state index in [1.807, 2.05) is 75.4 Å². The van der Waals surface area contributed by atoms with Crippen molar-refractivity contribution in [2.24, 2.45) is 0 Å². The number of benzene rings is 2. The molecule has 3 rings (SSSR count). The molecule has 0 aliphatic rings. The fraction of sp³-hybridized carbons (Fsp3) is 0.238. The lowest BCUT2D eigenvalue weighted by Gasteiger charge is -2.13. The number of hydrogen-bond donors (Lipinski definition) is 1. The maximum atomic E-state index is 12.6. The molecule has 1 amide bonds. The van der Waals surface area contributed by atoms with E-state index >= 15 is 0 Å². The fourth-order valence-corrected chi connectivity index (χ4v) is 3.47. The molecule has 0 bridgehead atoms. The fourth-order valence-electron chi connectivity index (χ4n) is 2.59. The first-order valence-corrected chi connectivity index (χ1v) is 9.36.